The van der Waals surface area contributed by atoms with Crippen molar-refractivity contribution in [2.24, 2.45) is 11.0 Å². The number of carbonyl (C=O) groups excluding carboxylic acids is 1. The Hall–Kier alpha value is -1.99. The SMILES string of the molecule is CCOC(=O)C1=NN(c2ccc(F)cc2)C2(N3CCOCC3)CCCC12. The first kappa shape index (κ1) is 17.4. The standard InChI is InChI=1S/C19H24FN3O3/c1-2-26-18(24)17-16-4-3-9-19(16,22-10-12-25-13-11-22)23(21-17)15-7-5-14(20)6-8-15/h5-8,16H,2-4,9-13H2,1H3. The van der Waals surface area contributed by atoms with Crippen LogP contribution in [-0.2, 0) is 14.3 Å². The fourth-order valence-electron chi connectivity index (χ4n) is 4.56. The summed E-state index contributed by atoms with van der Waals surface area (Å²) in [6.45, 7) is 5.04. The number of halogens is 1. The number of carbonyl (C=O) groups is 1. The van der Waals surface area contributed by atoms with E-state index in [4.69, 9.17) is 14.6 Å². The fourth-order valence-corrected chi connectivity index (χ4v) is 4.56. The van der Waals surface area contributed by atoms with Gasteiger partial charge in [-0.15, -0.1) is 0 Å². The van der Waals surface area contributed by atoms with Gasteiger partial charge in [0.2, 0.25) is 0 Å². The quantitative estimate of drug-likeness (QED) is 0.771. The summed E-state index contributed by atoms with van der Waals surface area (Å²) in [5.74, 6) is -0.641. The van der Waals surface area contributed by atoms with Gasteiger partial charge < -0.3 is 9.47 Å². The first-order chi connectivity index (χ1) is 12.7. The Morgan fingerprint density at radius 3 is 2.77 bits per heavy atom. The molecule has 140 valence electrons. The summed E-state index contributed by atoms with van der Waals surface area (Å²) < 4.78 is 24.2. The predicted octanol–water partition coefficient (Wildman–Crippen LogP) is 2.39. The zero-order valence-corrected chi connectivity index (χ0v) is 15.0. The Kier molecular flexibility index (Phi) is 4.67. The Morgan fingerprint density at radius 1 is 1.35 bits per heavy atom. The van der Waals surface area contributed by atoms with E-state index in [1.165, 1.54) is 12.1 Å². The lowest BCUT2D eigenvalue weighted by molar-refractivity contribution is -0.135. The molecule has 0 N–H and O–H groups in total. The minimum Gasteiger partial charge on any atom is -0.461 e. The molecule has 3 aliphatic rings. The Bertz CT molecular complexity index is 702. The Labute approximate surface area is 152 Å². The van der Waals surface area contributed by atoms with Gasteiger partial charge in [-0.05, 0) is 50.5 Å². The number of fused-ring (bicyclic) bond motifs is 1. The van der Waals surface area contributed by atoms with Gasteiger partial charge in [0.1, 0.15) is 11.5 Å². The number of morpholine rings is 1. The second kappa shape index (κ2) is 6.96. The van der Waals surface area contributed by atoms with Gasteiger partial charge in [-0.1, -0.05) is 0 Å². The smallest absolute Gasteiger partial charge is 0.354 e. The number of hydrogen-bond donors (Lipinski definition) is 0. The molecular weight excluding hydrogens is 337 g/mol. The van der Waals surface area contributed by atoms with E-state index in [0.29, 0.717) is 25.5 Å². The largest absolute Gasteiger partial charge is 0.461 e. The molecule has 2 aliphatic heterocycles. The maximum atomic E-state index is 13.4. The highest BCUT2D eigenvalue weighted by Crippen LogP contribution is 2.50. The van der Waals surface area contributed by atoms with E-state index >= 15 is 0 Å². The normalized spacial score (nSPS) is 28.8. The van der Waals surface area contributed by atoms with Crippen molar-refractivity contribution in [3.63, 3.8) is 0 Å². The molecule has 1 saturated heterocycles. The zero-order valence-electron chi connectivity index (χ0n) is 15.0. The summed E-state index contributed by atoms with van der Waals surface area (Å²) in [6.07, 6.45) is 2.81. The van der Waals surface area contributed by atoms with E-state index in [1.807, 2.05) is 5.01 Å². The van der Waals surface area contributed by atoms with Crippen LogP contribution in [0, 0.1) is 11.7 Å². The molecule has 2 atom stereocenters. The molecule has 6 nitrogen and oxygen atoms in total. The summed E-state index contributed by atoms with van der Waals surface area (Å²) in [5.41, 5.74) is 0.883. The van der Waals surface area contributed by atoms with Gasteiger partial charge in [0, 0.05) is 19.0 Å². The number of rotatable bonds is 4. The first-order valence-electron chi connectivity index (χ1n) is 9.31. The van der Waals surface area contributed by atoms with Crippen LogP contribution < -0.4 is 5.01 Å². The summed E-state index contributed by atoms with van der Waals surface area (Å²) >= 11 is 0. The number of ether oxygens (including phenoxy) is 2. The predicted molar refractivity (Wildman–Crippen MR) is 95.4 cm³/mol. The van der Waals surface area contributed by atoms with Crippen molar-refractivity contribution < 1.29 is 18.7 Å². The maximum absolute atomic E-state index is 13.4. The molecule has 2 heterocycles. The highest BCUT2D eigenvalue weighted by atomic mass is 19.1. The molecule has 0 aromatic heterocycles. The molecule has 0 bridgehead atoms. The van der Waals surface area contributed by atoms with Crippen LogP contribution in [0.15, 0.2) is 29.4 Å². The van der Waals surface area contributed by atoms with Crippen molar-refractivity contribution in [2.75, 3.05) is 37.9 Å². The minimum absolute atomic E-state index is 0.00953. The molecule has 1 aliphatic carbocycles. The summed E-state index contributed by atoms with van der Waals surface area (Å²) in [7, 11) is 0. The van der Waals surface area contributed by atoms with Gasteiger partial charge >= 0.3 is 5.97 Å². The van der Waals surface area contributed by atoms with E-state index in [9.17, 15) is 9.18 Å². The second-order valence-electron chi connectivity index (χ2n) is 6.92. The molecule has 2 fully saturated rings. The van der Waals surface area contributed by atoms with Crippen LogP contribution in [0.1, 0.15) is 26.2 Å². The minimum atomic E-state index is -0.399. The monoisotopic (exact) mass is 361 g/mol. The molecule has 0 spiro atoms. The lowest BCUT2D eigenvalue weighted by atomic mass is 9.89. The summed E-state index contributed by atoms with van der Waals surface area (Å²) in [6, 6.07) is 6.32. The van der Waals surface area contributed by atoms with Crippen molar-refractivity contribution >= 4 is 17.4 Å². The molecule has 1 aromatic rings. The van der Waals surface area contributed by atoms with Crippen molar-refractivity contribution in [2.45, 2.75) is 31.8 Å². The third-order valence-corrected chi connectivity index (χ3v) is 5.61. The van der Waals surface area contributed by atoms with E-state index in [0.717, 1.165) is 38.0 Å². The first-order valence-corrected chi connectivity index (χ1v) is 9.31. The van der Waals surface area contributed by atoms with Crippen molar-refractivity contribution in [3.05, 3.63) is 30.1 Å². The lowest BCUT2D eigenvalue weighted by Crippen LogP contribution is -2.62. The molecule has 2 unspecified atom stereocenters. The lowest BCUT2D eigenvalue weighted by Gasteiger charge is -2.48. The Balaban J connectivity index is 1.77. The van der Waals surface area contributed by atoms with E-state index < -0.39 is 5.66 Å². The molecule has 0 amide bonds. The highest BCUT2D eigenvalue weighted by molar-refractivity contribution is 6.38. The molecular formula is C19H24FN3O3. The van der Waals surface area contributed by atoms with Gasteiger partial charge in [0.25, 0.3) is 0 Å². The molecule has 26 heavy (non-hydrogen) atoms. The Morgan fingerprint density at radius 2 is 2.08 bits per heavy atom. The van der Waals surface area contributed by atoms with E-state index in [-0.39, 0.29) is 17.7 Å². The average molecular weight is 361 g/mol. The van der Waals surface area contributed by atoms with Crippen LogP contribution >= 0.6 is 0 Å². The van der Waals surface area contributed by atoms with Crippen LogP contribution in [0.5, 0.6) is 0 Å². The molecule has 4 rings (SSSR count). The van der Waals surface area contributed by atoms with Gasteiger partial charge in [-0.25, -0.2) is 14.2 Å². The topological polar surface area (TPSA) is 54.4 Å². The number of esters is 1. The second-order valence-corrected chi connectivity index (χ2v) is 6.92. The molecule has 1 saturated carbocycles. The number of hydrazone groups is 1. The molecule has 1 aromatic carbocycles. The zero-order chi connectivity index (χ0) is 18.1. The summed E-state index contributed by atoms with van der Waals surface area (Å²) in [4.78, 5) is 14.9. The van der Waals surface area contributed by atoms with Crippen LogP contribution in [-0.4, -0.2) is 55.2 Å². The van der Waals surface area contributed by atoms with E-state index in [2.05, 4.69) is 4.90 Å². The van der Waals surface area contributed by atoms with Crippen molar-refractivity contribution in [1.82, 2.24) is 4.90 Å². The number of nitrogens with zero attached hydrogens (tertiary/aromatic N) is 3. The van der Waals surface area contributed by atoms with Gasteiger partial charge in [0.15, 0.2) is 5.71 Å². The van der Waals surface area contributed by atoms with Crippen LogP contribution in [0.25, 0.3) is 0 Å². The highest BCUT2D eigenvalue weighted by Gasteiger charge is 2.59. The van der Waals surface area contributed by atoms with Crippen LogP contribution in [0.3, 0.4) is 0 Å². The fraction of sp³-hybridized carbons (Fsp3) is 0.579. The third kappa shape index (κ3) is 2.70. The maximum Gasteiger partial charge on any atom is 0.354 e. The summed E-state index contributed by atoms with van der Waals surface area (Å²) in [5, 5.41) is 6.64. The van der Waals surface area contributed by atoms with Crippen LogP contribution in [0.4, 0.5) is 10.1 Å². The number of benzene rings is 1. The van der Waals surface area contributed by atoms with Gasteiger partial charge in [0.05, 0.1) is 25.5 Å². The van der Waals surface area contributed by atoms with Crippen molar-refractivity contribution in [1.29, 1.82) is 0 Å². The molecule has 7 heteroatoms. The van der Waals surface area contributed by atoms with Crippen molar-refractivity contribution in [3.8, 4) is 0 Å². The number of anilines is 1. The van der Waals surface area contributed by atoms with Crippen LogP contribution in [0.2, 0.25) is 0 Å². The van der Waals surface area contributed by atoms with Gasteiger partial charge in [-0.2, -0.15) is 5.10 Å². The van der Waals surface area contributed by atoms with Gasteiger partial charge in [-0.3, -0.25) is 4.90 Å². The van der Waals surface area contributed by atoms with E-state index in [1.54, 1.807) is 19.1 Å². The number of hydrogen-bond acceptors (Lipinski definition) is 6. The average Bonchev–Trinajstić information content (AvgIpc) is 3.22. The third-order valence-electron chi connectivity index (χ3n) is 5.61. The molecule has 0 radical (unpaired) electrons.